The molecule has 1 aliphatic heterocycles. The van der Waals surface area contributed by atoms with Crippen LogP contribution in [0.15, 0.2) is 90.3 Å². The molecule has 0 bridgehead atoms. The van der Waals surface area contributed by atoms with Gasteiger partial charge in [0, 0.05) is 34.7 Å². The van der Waals surface area contributed by atoms with Gasteiger partial charge in [0.1, 0.15) is 11.6 Å². The molecule has 6 nitrogen and oxygen atoms in total. The van der Waals surface area contributed by atoms with Crippen LogP contribution in [-0.4, -0.2) is 23.2 Å². The number of allylic oxidation sites excluding steroid dienone is 1. The summed E-state index contributed by atoms with van der Waals surface area (Å²) in [6.45, 7) is 3.84. The third kappa shape index (κ3) is 4.81. The van der Waals surface area contributed by atoms with E-state index in [1.165, 1.54) is 12.1 Å². The highest BCUT2D eigenvalue weighted by Crippen LogP contribution is 2.48. The number of amides is 1. The first kappa shape index (κ1) is 25.7. The molecule has 2 aliphatic rings. The maximum Gasteiger partial charge on any atom is 0.243 e. The second kappa shape index (κ2) is 9.86. The highest BCUT2D eigenvalue weighted by molar-refractivity contribution is 6.03. The fraction of sp³-hybridized carbons (Fsp3) is 0.219. The lowest BCUT2D eigenvalue weighted by atomic mass is 9.73. The van der Waals surface area contributed by atoms with Crippen molar-refractivity contribution in [3.8, 4) is 0 Å². The molecule has 1 aliphatic carbocycles. The van der Waals surface area contributed by atoms with Crippen molar-refractivity contribution < 1.29 is 18.4 Å². The van der Waals surface area contributed by atoms with Gasteiger partial charge in [-0.3, -0.25) is 14.6 Å². The largest absolute Gasteiger partial charge is 0.357 e. The Kier molecular flexibility index (Phi) is 6.33. The maximum atomic E-state index is 15.5. The van der Waals surface area contributed by atoms with Gasteiger partial charge in [-0.1, -0.05) is 50.2 Å². The number of anilines is 3. The molecule has 202 valence electrons. The fourth-order valence-electron chi connectivity index (χ4n) is 5.77. The number of rotatable bonds is 4. The zero-order chi connectivity index (χ0) is 28.0. The van der Waals surface area contributed by atoms with Gasteiger partial charge >= 0.3 is 0 Å². The average Bonchev–Trinajstić information content (AvgIpc) is 3.02. The van der Waals surface area contributed by atoms with Crippen molar-refractivity contribution >= 4 is 39.7 Å². The summed E-state index contributed by atoms with van der Waals surface area (Å²) < 4.78 is 29.4. The average molecular weight is 539 g/mol. The highest BCUT2D eigenvalue weighted by Gasteiger charge is 2.42. The summed E-state index contributed by atoms with van der Waals surface area (Å²) in [6.07, 6.45) is 2.42. The topological polar surface area (TPSA) is 74.3 Å². The van der Waals surface area contributed by atoms with E-state index in [9.17, 15) is 14.0 Å². The molecule has 6 rings (SSSR count). The van der Waals surface area contributed by atoms with E-state index in [0.717, 1.165) is 17.0 Å². The summed E-state index contributed by atoms with van der Waals surface area (Å²) >= 11 is 0. The van der Waals surface area contributed by atoms with E-state index in [1.54, 1.807) is 11.1 Å². The van der Waals surface area contributed by atoms with Crippen molar-refractivity contribution in [3.05, 3.63) is 107 Å². The van der Waals surface area contributed by atoms with E-state index in [-0.39, 0.29) is 35.6 Å². The molecule has 0 radical (unpaired) electrons. The van der Waals surface area contributed by atoms with Crippen molar-refractivity contribution in [2.75, 3.05) is 22.1 Å². The molecule has 1 atom stereocenters. The van der Waals surface area contributed by atoms with E-state index in [0.29, 0.717) is 34.8 Å². The van der Waals surface area contributed by atoms with Crippen LogP contribution in [0.1, 0.15) is 38.3 Å². The van der Waals surface area contributed by atoms with Gasteiger partial charge in [0.2, 0.25) is 5.91 Å². The number of para-hydroxylation sites is 3. The number of hydrogen-bond donors (Lipinski definition) is 2. The Morgan fingerprint density at radius 3 is 2.65 bits per heavy atom. The number of ketones is 1. The first-order valence-corrected chi connectivity index (χ1v) is 13.2. The normalized spacial score (nSPS) is 18.1. The molecule has 40 heavy (non-hydrogen) atoms. The van der Waals surface area contributed by atoms with Crippen molar-refractivity contribution in [1.82, 2.24) is 4.98 Å². The van der Waals surface area contributed by atoms with Gasteiger partial charge in [-0.15, -0.1) is 0 Å². The second-order valence-electron chi connectivity index (χ2n) is 11.1. The van der Waals surface area contributed by atoms with Gasteiger partial charge in [-0.25, -0.2) is 8.78 Å². The lowest BCUT2D eigenvalue weighted by Gasteiger charge is -2.38. The van der Waals surface area contributed by atoms with Crippen LogP contribution in [0.3, 0.4) is 0 Å². The highest BCUT2D eigenvalue weighted by atomic mass is 19.1. The Balaban J connectivity index is 1.46. The SMILES string of the molecule is CC1(C)CC(=O)C2=C(C1)Nc1ccccc1N(CC(=O)Nc1cnc3ccccc3c1)C2c1ccc(F)cc1F. The van der Waals surface area contributed by atoms with Crippen LogP contribution in [0.2, 0.25) is 0 Å². The van der Waals surface area contributed by atoms with Crippen molar-refractivity contribution in [2.24, 2.45) is 5.41 Å². The predicted octanol–water partition coefficient (Wildman–Crippen LogP) is 6.77. The molecule has 1 unspecified atom stereocenters. The van der Waals surface area contributed by atoms with E-state index < -0.39 is 17.7 Å². The summed E-state index contributed by atoms with van der Waals surface area (Å²) in [4.78, 5) is 33.4. The number of nitrogens with one attached hydrogen (secondary N) is 2. The minimum absolute atomic E-state index is 0.126. The van der Waals surface area contributed by atoms with E-state index >= 15 is 4.39 Å². The number of nitrogens with zero attached hydrogens (tertiary/aromatic N) is 2. The van der Waals surface area contributed by atoms with Gasteiger partial charge in [-0.05, 0) is 42.2 Å². The Labute approximate surface area is 230 Å². The van der Waals surface area contributed by atoms with E-state index in [4.69, 9.17) is 0 Å². The second-order valence-corrected chi connectivity index (χ2v) is 11.1. The van der Waals surface area contributed by atoms with E-state index in [2.05, 4.69) is 15.6 Å². The quantitative estimate of drug-likeness (QED) is 0.300. The van der Waals surface area contributed by atoms with Crippen LogP contribution < -0.4 is 15.5 Å². The summed E-state index contributed by atoms with van der Waals surface area (Å²) in [6, 6.07) is 19.2. The van der Waals surface area contributed by atoms with Crippen LogP contribution in [0.4, 0.5) is 25.8 Å². The molecule has 0 fully saturated rings. The first-order valence-electron chi connectivity index (χ1n) is 13.2. The third-order valence-electron chi connectivity index (χ3n) is 7.45. The molecular formula is C32H28F2N4O2. The molecule has 1 amide bonds. The van der Waals surface area contributed by atoms with Crippen LogP contribution in [-0.2, 0) is 9.59 Å². The summed E-state index contributed by atoms with van der Waals surface area (Å²) in [5.74, 6) is -2.00. The third-order valence-corrected chi connectivity index (χ3v) is 7.45. The molecule has 4 aromatic rings. The fourth-order valence-corrected chi connectivity index (χ4v) is 5.77. The zero-order valence-electron chi connectivity index (χ0n) is 22.2. The monoisotopic (exact) mass is 538 g/mol. The standard InChI is InChI=1S/C32H28F2N4O2/c1-32(2)15-26-30(28(39)16-32)31(22-12-11-20(33)14-23(22)34)38(27-10-6-5-9-25(27)37-26)18-29(40)36-21-13-19-7-3-4-8-24(19)35-17-21/h3-14,17,31,37H,15-16,18H2,1-2H3,(H,36,40). The van der Waals surface area contributed by atoms with Gasteiger partial charge in [0.25, 0.3) is 0 Å². The molecule has 8 heteroatoms. The number of fused-ring (bicyclic) bond motifs is 2. The van der Waals surface area contributed by atoms with Crippen LogP contribution >= 0.6 is 0 Å². The minimum Gasteiger partial charge on any atom is -0.357 e. The lowest BCUT2D eigenvalue weighted by molar-refractivity contribution is -0.119. The van der Waals surface area contributed by atoms with Crippen molar-refractivity contribution in [3.63, 3.8) is 0 Å². The molecular weight excluding hydrogens is 510 g/mol. The number of pyridine rings is 1. The van der Waals surface area contributed by atoms with Crippen LogP contribution in [0, 0.1) is 17.0 Å². The van der Waals surface area contributed by atoms with Gasteiger partial charge in [0.05, 0.1) is 41.4 Å². The van der Waals surface area contributed by atoms with Crippen LogP contribution in [0.25, 0.3) is 10.9 Å². The Morgan fingerprint density at radius 1 is 1.05 bits per heavy atom. The molecule has 2 N–H and O–H groups in total. The summed E-state index contributed by atoms with van der Waals surface area (Å²) in [5, 5.41) is 7.21. The molecule has 2 heterocycles. The van der Waals surface area contributed by atoms with Crippen molar-refractivity contribution in [2.45, 2.75) is 32.7 Å². The Bertz CT molecular complexity index is 1700. The number of benzene rings is 3. The smallest absolute Gasteiger partial charge is 0.243 e. The number of carbonyl (C=O) groups excluding carboxylic acids is 2. The summed E-state index contributed by atoms with van der Waals surface area (Å²) in [5.41, 5.74) is 3.54. The first-order chi connectivity index (χ1) is 19.2. The number of carbonyl (C=O) groups is 2. The van der Waals surface area contributed by atoms with Gasteiger partial charge in [-0.2, -0.15) is 0 Å². The van der Waals surface area contributed by atoms with Crippen molar-refractivity contribution in [1.29, 1.82) is 0 Å². The van der Waals surface area contributed by atoms with Gasteiger partial charge in [0.15, 0.2) is 5.78 Å². The lowest BCUT2D eigenvalue weighted by Crippen LogP contribution is -2.40. The molecule has 1 aromatic heterocycles. The zero-order valence-corrected chi connectivity index (χ0v) is 22.2. The predicted molar refractivity (Wildman–Crippen MR) is 152 cm³/mol. The minimum atomic E-state index is -0.948. The Morgan fingerprint density at radius 2 is 1.82 bits per heavy atom. The Hall–Kier alpha value is -4.59. The molecule has 3 aromatic carbocycles. The molecule has 0 saturated carbocycles. The number of hydrogen-bond acceptors (Lipinski definition) is 5. The maximum absolute atomic E-state index is 15.5. The molecule has 0 saturated heterocycles. The van der Waals surface area contributed by atoms with Gasteiger partial charge < -0.3 is 15.5 Å². The molecule has 0 spiro atoms. The van der Waals surface area contributed by atoms with E-state index in [1.807, 2.05) is 68.4 Å². The van der Waals surface area contributed by atoms with Crippen LogP contribution in [0.5, 0.6) is 0 Å². The number of halogens is 2. The number of Topliss-reactive ketones (excluding diaryl/α,β-unsaturated/α-hetero) is 1. The summed E-state index contributed by atoms with van der Waals surface area (Å²) in [7, 11) is 0. The number of aromatic nitrogens is 1.